The van der Waals surface area contributed by atoms with E-state index in [-0.39, 0.29) is 18.4 Å². The van der Waals surface area contributed by atoms with Gasteiger partial charge in [-0.25, -0.2) is 0 Å². The number of ether oxygens (including phenoxy) is 1. The Morgan fingerprint density at radius 1 is 1.24 bits per heavy atom. The molecule has 1 heterocycles. The van der Waals surface area contributed by atoms with Crippen molar-refractivity contribution in [3.63, 3.8) is 0 Å². The third-order valence-corrected chi connectivity index (χ3v) is 4.65. The van der Waals surface area contributed by atoms with Crippen LogP contribution in [0.15, 0.2) is 48.5 Å². The highest BCUT2D eigenvalue weighted by Crippen LogP contribution is 2.30. The van der Waals surface area contributed by atoms with Gasteiger partial charge in [-0.05, 0) is 29.7 Å². The number of methoxy groups -OCH3 is 1. The van der Waals surface area contributed by atoms with Crippen LogP contribution >= 0.6 is 0 Å². The number of para-hydroxylation sites is 2. The number of nitrogens with one attached hydrogen (secondary N) is 1. The van der Waals surface area contributed by atoms with Crippen molar-refractivity contribution in [3.8, 4) is 0 Å². The fourth-order valence-electron chi connectivity index (χ4n) is 3.23. The summed E-state index contributed by atoms with van der Waals surface area (Å²) in [4.78, 5) is 14.6. The summed E-state index contributed by atoms with van der Waals surface area (Å²) in [5, 5.41) is 3.01. The standard InChI is InChI=1S/C20H25N3O2/c1-25-17(13-21)12-20(24)22-18-8-4-2-7-16(18)14-23-11-10-15-6-3-5-9-19(15)23/h2-9,17H,10-14,21H2,1H3,(H,22,24). The monoisotopic (exact) mass is 339 g/mol. The molecule has 2 aromatic carbocycles. The molecule has 2 aromatic rings. The second-order valence-corrected chi connectivity index (χ2v) is 6.30. The Bertz CT molecular complexity index is 728. The van der Waals surface area contributed by atoms with Crippen LogP contribution in [0, 0.1) is 0 Å². The molecular formula is C20H25N3O2. The lowest BCUT2D eigenvalue weighted by molar-refractivity contribution is -0.118. The van der Waals surface area contributed by atoms with E-state index in [2.05, 4.69) is 40.5 Å². The van der Waals surface area contributed by atoms with Crippen LogP contribution in [0.5, 0.6) is 0 Å². The van der Waals surface area contributed by atoms with Gasteiger partial charge in [0.2, 0.25) is 5.91 Å². The van der Waals surface area contributed by atoms with Gasteiger partial charge in [0.15, 0.2) is 0 Å². The molecule has 1 unspecified atom stereocenters. The summed E-state index contributed by atoms with van der Waals surface area (Å²) in [6.45, 7) is 2.11. The minimum atomic E-state index is -0.252. The van der Waals surface area contributed by atoms with Gasteiger partial charge in [0, 0.05) is 38.1 Å². The highest BCUT2D eigenvalue weighted by atomic mass is 16.5. The van der Waals surface area contributed by atoms with Crippen molar-refractivity contribution in [1.82, 2.24) is 0 Å². The van der Waals surface area contributed by atoms with E-state index in [1.165, 1.54) is 11.3 Å². The number of rotatable bonds is 7. The van der Waals surface area contributed by atoms with Crippen LogP contribution < -0.4 is 16.0 Å². The van der Waals surface area contributed by atoms with Gasteiger partial charge in [0.05, 0.1) is 12.5 Å². The number of hydrogen-bond acceptors (Lipinski definition) is 4. The molecule has 1 amide bonds. The summed E-state index contributed by atoms with van der Waals surface area (Å²) in [5.41, 5.74) is 10.2. The predicted molar refractivity (Wildman–Crippen MR) is 101 cm³/mol. The molecule has 1 aliphatic rings. The number of nitrogens with two attached hydrogens (primary N) is 1. The number of carbonyl (C=O) groups excluding carboxylic acids is 1. The third kappa shape index (κ3) is 4.18. The molecule has 25 heavy (non-hydrogen) atoms. The summed E-state index contributed by atoms with van der Waals surface area (Å²) in [5.74, 6) is -0.0772. The van der Waals surface area contributed by atoms with Crippen LogP contribution in [-0.4, -0.2) is 32.2 Å². The van der Waals surface area contributed by atoms with E-state index in [4.69, 9.17) is 10.5 Å². The number of amides is 1. The fourth-order valence-corrected chi connectivity index (χ4v) is 3.23. The normalized spacial score (nSPS) is 14.2. The minimum absolute atomic E-state index is 0.0772. The van der Waals surface area contributed by atoms with Crippen LogP contribution in [0.4, 0.5) is 11.4 Å². The van der Waals surface area contributed by atoms with Gasteiger partial charge >= 0.3 is 0 Å². The predicted octanol–water partition coefficient (Wildman–Crippen LogP) is 2.55. The first kappa shape index (κ1) is 17.5. The lowest BCUT2D eigenvalue weighted by Gasteiger charge is -2.22. The Morgan fingerprint density at radius 3 is 2.80 bits per heavy atom. The van der Waals surface area contributed by atoms with E-state index in [0.717, 1.165) is 30.8 Å². The maximum Gasteiger partial charge on any atom is 0.227 e. The first-order valence-electron chi connectivity index (χ1n) is 8.64. The largest absolute Gasteiger partial charge is 0.380 e. The number of anilines is 2. The molecule has 3 N–H and O–H groups in total. The summed E-state index contributed by atoms with van der Waals surface area (Å²) in [7, 11) is 1.57. The average Bonchev–Trinajstić information content (AvgIpc) is 3.04. The van der Waals surface area contributed by atoms with Crippen LogP contribution in [0.1, 0.15) is 17.5 Å². The topological polar surface area (TPSA) is 67.6 Å². The van der Waals surface area contributed by atoms with Crippen LogP contribution in [0.25, 0.3) is 0 Å². The van der Waals surface area contributed by atoms with E-state index in [0.29, 0.717) is 6.54 Å². The zero-order chi connectivity index (χ0) is 17.6. The van der Waals surface area contributed by atoms with Crippen molar-refractivity contribution in [3.05, 3.63) is 59.7 Å². The molecule has 132 valence electrons. The van der Waals surface area contributed by atoms with E-state index < -0.39 is 0 Å². The number of benzene rings is 2. The molecule has 5 nitrogen and oxygen atoms in total. The average molecular weight is 339 g/mol. The van der Waals surface area contributed by atoms with E-state index >= 15 is 0 Å². The summed E-state index contributed by atoms with van der Waals surface area (Å²) >= 11 is 0. The maximum atomic E-state index is 12.3. The molecule has 0 aliphatic carbocycles. The summed E-state index contributed by atoms with van der Waals surface area (Å²) in [6, 6.07) is 16.4. The lowest BCUT2D eigenvalue weighted by atomic mass is 10.1. The van der Waals surface area contributed by atoms with Crippen molar-refractivity contribution in [2.24, 2.45) is 5.73 Å². The fraction of sp³-hybridized carbons (Fsp3) is 0.350. The van der Waals surface area contributed by atoms with Crippen molar-refractivity contribution in [1.29, 1.82) is 0 Å². The zero-order valence-corrected chi connectivity index (χ0v) is 14.6. The summed E-state index contributed by atoms with van der Waals surface area (Å²) in [6.07, 6.45) is 1.07. The molecule has 3 rings (SSSR count). The van der Waals surface area contributed by atoms with Gasteiger partial charge in [-0.15, -0.1) is 0 Å². The quantitative estimate of drug-likeness (QED) is 0.813. The highest BCUT2D eigenvalue weighted by molar-refractivity contribution is 5.91. The molecular weight excluding hydrogens is 314 g/mol. The SMILES string of the molecule is COC(CN)CC(=O)Nc1ccccc1CN1CCc2ccccc21. The second-order valence-electron chi connectivity index (χ2n) is 6.30. The molecule has 0 aromatic heterocycles. The first-order valence-corrected chi connectivity index (χ1v) is 8.64. The highest BCUT2D eigenvalue weighted by Gasteiger charge is 2.20. The van der Waals surface area contributed by atoms with Gasteiger partial charge in [-0.3, -0.25) is 4.79 Å². The molecule has 0 spiro atoms. The first-order chi connectivity index (χ1) is 12.2. The van der Waals surface area contributed by atoms with E-state index in [1.54, 1.807) is 7.11 Å². The molecule has 0 saturated heterocycles. The van der Waals surface area contributed by atoms with Gasteiger partial charge in [-0.2, -0.15) is 0 Å². The Labute approximate surface area is 148 Å². The van der Waals surface area contributed by atoms with Crippen LogP contribution in [-0.2, 0) is 22.5 Å². The molecule has 5 heteroatoms. The van der Waals surface area contributed by atoms with Gasteiger partial charge in [0.1, 0.15) is 0 Å². The molecule has 0 radical (unpaired) electrons. The Morgan fingerprint density at radius 2 is 2.00 bits per heavy atom. The third-order valence-electron chi connectivity index (χ3n) is 4.65. The van der Waals surface area contributed by atoms with Gasteiger partial charge in [0.25, 0.3) is 0 Å². The Hall–Kier alpha value is -2.37. The maximum absolute atomic E-state index is 12.3. The van der Waals surface area contributed by atoms with Gasteiger partial charge < -0.3 is 20.7 Å². The molecule has 1 aliphatic heterocycles. The Balaban J connectivity index is 1.71. The molecule has 1 atom stereocenters. The minimum Gasteiger partial charge on any atom is -0.380 e. The summed E-state index contributed by atoms with van der Waals surface area (Å²) < 4.78 is 5.19. The number of fused-ring (bicyclic) bond motifs is 1. The van der Waals surface area contributed by atoms with Gasteiger partial charge in [-0.1, -0.05) is 36.4 Å². The smallest absolute Gasteiger partial charge is 0.227 e. The van der Waals surface area contributed by atoms with E-state index in [9.17, 15) is 4.79 Å². The molecule has 0 bridgehead atoms. The van der Waals surface area contributed by atoms with E-state index in [1.807, 2.05) is 18.2 Å². The van der Waals surface area contributed by atoms with Crippen LogP contribution in [0.3, 0.4) is 0 Å². The molecule has 0 fully saturated rings. The second kappa shape index (κ2) is 8.14. The lowest BCUT2D eigenvalue weighted by Crippen LogP contribution is -2.28. The van der Waals surface area contributed by atoms with Crippen molar-refractivity contribution >= 4 is 17.3 Å². The molecule has 0 saturated carbocycles. The number of hydrogen-bond donors (Lipinski definition) is 2. The zero-order valence-electron chi connectivity index (χ0n) is 14.6. The van der Waals surface area contributed by atoms with Crippen molar-refractivity contribution in [2.45, 2.75) is 25.5 Å². The van der Waals surface area contributed by atoms with Crippen molar-refractivity contribution < 1.29 is 9.53 Å². The Kier molecular flexibility index (Phi) is 5.68. The van der Waals surface area contributed by atoms with Crippen molar-refractivity contribution in [2.75, 3.05) is 30.4 Å². The van der Waals surface area contributed by atoms with Crippen LogP contribution in [0.2, 0.25) is 0 Å². The number of nitrogens with zero attached hydrogens (tertiary/aromatic N) is 1. The number of carbonyl (C=O) groups is 1.